The number of rotatable bonds is 5. The Morgan fingerprint density at radius 2 is 2.11 bits per heavy atom. The van der Waals surface area contributed by atoms with Crippen LogP contribution in [0, 0.1) is 17.2 Å². The zero-order chi connectivity index (χ0) is 14.5. The van der Waals surface area contributed by atoms with Gasteiger partial charge in [0.25, 0.3) is 0 Å². The number of anilines is 1. The standard InChI is InChI=1S/C14H22N4O/c1-10(7-15)8-16-12-6-11(9-19-5)17-13(18-12)14(2,3)4/h6,10H,8-9H2,1-5H3,(H,16,17,18)/t10-/m0/s1. The molecule has 1 heterocycles. The molecule has 1 aromatic rings. The van der Waals surface area contributed by atoms with Crippen LogP contribution in [-0.2, 0) is 16.8 Å². The molecule has 0 fully saturated rings. The van der Waals surface area contributed by atoms with Gasteiger partial charge in [0.2, 0.25) is 0 Å². The third-order valence-electron chi connectivity index (χ3n) is 2.55. The Morgan fingerprint density at radius 1 is 1.42 bits per heavy atom. The Kier molecular flexibility index (Phi) is 5.25. The van der Waals surface area contributed by atoms with Crippen molar-refractivity contribution in [1.29, 1.82) is 5.26 Å². The number of hydrogen-bond acceptors (Lipinski definition) is 5. The largest absolute Gasteiger partial charge is 0.378 e. The number of nitrogens with one attached hydrogen (secondary N) is 1. The van der Waals surface area contributed by atoms with E-state index >= 15 is 0 Å². The maximum absolute atomic E-state index is 8.79. The summed E-state index contributed by atoms with van der Waals surface area (Å²) in [6.45, 7) is 9.11. The Balaban J connectivity index is 2.97. The van der Waals surface area contributed by atoms with Gasteiger partial charge in [-0.1, -0.05) is 20.8 Å². The van der Waals surface area contributed by atoms with E-state index in [2.05, 4.69) is 42.1 Å². The second-order valence-electron chi connectivity index (χ2n) is 5.66. The van der Waals surface area contributed by atoms with Crippen LogP contribution in [0.5, 0.6) is 0 Å². The fraction of sp³-hybridized carbons (Fsp3) is 0.643. The summed E-state index contributed by atoms with van der Waals surface area (Å²) in [7, 11) is 1.64. The van der Waals surface area contributed by atoms with Gasteiger partial charge >= 0.3 is 0 Å². The zero-order valence-electron chi connectivity index (χ0n) is 12.3. The molecule has 5 heteroatoms. The first-order valence-corrected chi connectivity index (χ1v) is 6.37. The molecule has 0 aromatic carbocycles. The van der Waals surface area contributed by atoms with Crippen molar-refractivity contribution in [1.82, 2.24) is 9.97 Å². The second kappa shape index (κ2) is 6.48. The summed E-state index contributed by atoms with van der Waals surface area (Å²) in [4.78, 5) is 9.01. The fourth-order valence-electron chi connectivity index (χ4n) is 1.45. The van der Waals surface area contributed by atoms with E-state index in [1.807, 2.05) is 13.0 Å². The molecule has 104 valence electrons. The lowest BCUT2D eigenvalue weighted by Crippen LogP contribution is -2.19. The number of ether oxygens (including phenoxy) is 1. The van der Waals surface area contributed by atoms with Crippen LogP contribution in [-0.4, -0.2) is 23.6 Å². The molecule has 0 aliphatic carbocycles. The smallest absolute Gasteiger partial charge is 0.136 e. The van der Waals surface area contributed by atoms with Gasteiger partial charge in [-0.15, -0.1) is 0 Å². The first-order valence-electron chi connectivity index (χ1n) is 6.37. The van der Waals surface area contributed by atoms with E-state index in [9.17, 15) is 0 Å². The number of methoxy groups -OCH3 is 1. The molecule has 0 aliphatic rings. The van der Waals surface area contributed by atoms with Gasteiger partial charge in [-0.25, -0.2) is 9.97 Å². The Labute approximate surface area is 115 Å². The SMILES string of the molecule is COCc1cc(NC[C@@H](C)C#N)nc(C(C)(C)C)n1. The monoisotopic (exact) mass is 262 g/mol. The lowest BCUT2D eigenvalue weighted by molar-refractivity contribution is 0.181. The van der Waals surface area contributed by atoms with Crippen molar-refractivity contribution in [3.05, 3.63) is 17.6 Å². The molecule has 5 nitrogen and oxygen atoms in total. The highest BCUT2D eigenvalue weighted by Gasteiger charge is 2.19. The molecule has 0 spiro atoms. The van der Waals surface area contributed by atoms with Gasteiger partial charge in [0.05, 0.1) is 24.3 Å². The van der Waals surface area contributed by atoms with Crippen molar-refractivity contribution in [2.45, 2.75) is 39.7 Å². The topological polar surface area (TPSA) is 70.8 Å². The van der Waals surface area contributed by atoms with Crippen LogP contribution >= 0.6 is 0 Å². The molecule has 1 rings (SSSR count). The lowest BCUT2D eigenvalue weighted by Gasteiger charge is -2.19. The molecule has 1 N–H and O–H groups in total. The maximum Gasteiger partial charge on any atom is 0.136 e. The van der Waals surface area contributed by atoms with Crippen molar-refractivity contribution in [3.8, 4) is 6.07 Å². The van der Waals surface area contributed by atoms with Gasteiger partial charge in [0.15, 0.2) is 0 Å². The van der Waals surface area contributed by atoms with E-state index in [1.165, 1.54) is 0 Å². The highest BCUT2D eigenvalue weighted by molar-refractivity contribution is 5.37. The van der Waals surface area contributed by atoms with E-state index in [1.54, 1.807) is 7.11 Å². The Morgan fingerprint density at radius 3 is 2.63 bits per heavy atom. The summed E-state index contributed by atoms with van der Waals surface area (Å²) in [5.41, 5.74) is 0.718. The summed E-state index contributed by atoms with van der Waals surface area (Å²) in [5.74, 6) is 1.46. The van der Waals surface area contributed by atoms with Crippen molar-refractivity contribution < 1.29 is 4.74 Å². The highest BCUT2D eigenvalue weighted by atomic mass is 16.5. The van der Waals surface area contributed by atoms with Gasteiger partial charge < -0.3 is 10.1 Å². The molecule has 0 aliphatic heterocycles. The Hall–Kier alpha value is -1.67. The predicted molar refractivity (Wildman–Crippen MR) is 74.7 cm³/mol. The third-order valence-corrected chi connectivity index (χ3v) is 2.55. The quantitative estimate of drug-likeness (QED) is 0.882. The molecule has 1 atom stereocenters. The minimum absolute atomic E-state index is 0.0565. The van der Waals surface area contributed by atoms with Crippen LogP contribution in [0.15, 0.2) is 6.07 Å². The summed E-state index contributed by atoms with van der Waals surface area (Å²) in [6, 6.07) is 4.05. The van der Waals surface area contributed by atoms with E-state index in [4.69, 9.17) is 10.00 Å². The Bertz CT molecular complexity index is 459. The van der Waals surface area contributed by atoms with Gasteiger partial charge in [-0.3, -0.25) is 0 Å². The molecule has 0 radical (unpaired) electrons. The third kappa shape index (κ3) is 4.84. The van der Waals surface area contributed by atoms with Crippen molar-refractivity contribution in [2.24, 2.45) is 5.92 Å². The molecule has 19 heavy (non-hydrogen) atoms. The zero-order valence-corrected chi connectivity index (χ0v) is 12.3. The molecular formula is C14H22N4O. The van der Waals surface area contributed by atoms with Gasteiger partial charge in [-0.05, 0) is 6.92 Å². The van der Waals surface area contributed by atoms with Crippen LogP contribution in [0.3, 0.4) is 0 Å². The summed E-state index contributed by atoms with van der Waals surface area (Å²) in [6.07, 6.45) is 0. The van der Waals surface area contributed by atoms with E-state index in [0.717, 1.165) is 17.3 Å². The normalized spacial score (nSPS) is 12.8. The molecule has 0 saturated carbocycles. The minimum Gasteiger partial charge on any atom is -0.378 e. The molecule has 0 bridgehead atoms. The van der Waals surface area contributed by atoms with Crippen molar-refractivity contribution >= 4 is 5.82 Å². The molecule has 0 saturated heterocycles. The van der Waals surface area contributed by atoms with Crippen LogP contribution in [0.25, 0.3) is 0 Å². The molecule has 1 aromatic heterocycles. The lowest BCUT2D eigenvalue weighted by atomic mass is 9.95. The highest BCUT2D eigenvalue weighted by Crippen LogP contribution is 2.20. The minimum atomic E-state index is -0.124. The first kappa shape index (κ1) is 15.4. The fourth-order valence-corrected chi connectivity index (χ4v) is 1.45. The maximum atomic E-state index is 8.79. The van der Waals surface area contributed by atoms with Crippen LogP contribution in [0.2, 0.25) is 0 Å². The summed E-state index contributed by atoms with van der Waals surface area (Å²) >= 11 is 0. The van der Waals surface area contributed by atoms with E-state index in [-0.39, 0.29) is 11.3 Å². The molecule has 0 unspecified atom stereocenters. The predicted octanol–water partition coefficient (Wildman–Crippen LogP) is 2.49. The summed E-state index contributed by atoms with van der Waals surface area (Å²) in [5, 5.41) is 12.0. The number of nitrogens with zero attached hydrogens (tertiary/aromatic N) is 3. The number of hydrogen-bond donors (Lipinski definition) is 1. The molecule has 0 amide bonds. The van der Waals surface area contributed by atoms with Crippen LogP contribution in [0.1, 0.15) is 39.2 Å². The van der Waals surface area contributed by atoms with Gasteiger partial charge in [0, 0.05) is 25.1 Å². The van der Waals surface area contributed by atoms with Crippen LogP contribution < -0.4 is 5.32 Å². The number of aromatic nitrogens is 2. The van der Waals surface area contributed by atoms with E-state index in [0.29, 0.717) is 13.2 Å². The summed E-state index contributed by atoms with van der Waals surface area (Å²) < 4.78 is 5.13. The average Bonchev–Trinajstić information content (AvgIpc) is 2.35. The van der Waals surface area contributed by atoms with Gasteiger partial charge in [0.1, 0.15) is 11.6 Å². The number of nitriles is 1. The van der Waals surface area contributed by atoms with E-state index < -0.39 is 0 Å². The van der Waals surface area contributed by atoms with Gasteiger partial charge in [-0.2, -0.15) is 5.26 Å². The average molecular weight is 262 g/mol. The van der Waals surface area contributed by atoms with Crippen molar-refractivity contribution in [3.63, 3.8) is 0 Å². The second-order valence-corrected chi connectivity index (χ2v) is 5.66. The van der Waals surface area contributed by atoms with Crippen LogP contribution in [0.4, 0.5) is 5.82 Å². The first-order chi connectivity index (χ1) is 8.86. The molecular weight excluding hydrogens is 240 g/mol. The van der Waals surface area contributed by atoms with Crippen molar-refractivity contribution in [2.75, 3.05) is 19.0 Å².